The average Bonchev–Trinajstić information content (AvgIpc) is 2.66. The molecule has 0 aliphatic heterocycles. The molecule has 6 nitrogen and oxygen atoms in total. The quantitative estimate of drug-likeness (QED) is 0.624. The summed E-state index contributed by atoms with van der Waals surface area (Å²) < 4.78 is 10.4. The Bertz CT molecular complexity index is 871. The summed E-state index contributed by atoms with van der Waals surface area (Å²) in [4.78, 5) is 12.0. The number of anilines is 1. The first-order chi connectivity index (χ1) is 12.5. The fourth-order valence-corrected chi connectivity index (χ4v) is 2.29. The molecule has 0 saturated carbocycles. The molecule has 0 aliphatic rings. The van der Waals surface area contributed by atoms with Crippen LogP contribution in [0.2, 0.25) is 0 Å². The van der Waals surface area contributed by atoms with E-state index in [1.165, 1.54) is 6.08 Å². The summed E-state index contributed by atoms with van der Waals surface area (Å²) in [6.45, 7) is 0. The third-order valence-corrected chi connectivity index (χ3v) is 3.55. The Kier molecular flexibility index (Phi) is 6.71. The lowest BCUT2D eigenvalue weighted by Gasteiger charge is -2.08. The Labute approximate surface area is 157 Å². The number of benzene rings is 2. The number of nitrogens with one attached hydrogen (secondary N) is 2. The summed E-state index contributed by atoms with van der Waals surface area (Å²) >= 11 is 5.10. The molecule has 0 heterocycles. The number of carbonyl (C=O) groups is 1. The van der Waals surface area contributed by atoms with E-state index in [4.69, 9.17) is 27.0 Å². The largest absolute Gasteiger partial charge is 0.493 e. The number of amides is 1. The standard InChI is InChI=1S/C19H17N3O3S/c1-24-16-9-5-13(11-17(16)25-2)6-10-18(23)22-19(26)21-15-7-3-14(12-20)4-8-15/h3-11H,1-2H3,(H2,21,22,23,26). The van der Waals surface area contributed by atoms with Crippen molar-refractivity contribution in [2.75, 3.05) is 19.5 Å². The highest BCUT2D eigenvalue weighted by Gasteiger charge is 2.04. The molecule has 2 aromatic rings. The monoisotopic (exact) mass is 367 g/mol. The highest BCUT2D eigenvalue weighted by Crippen LogP contribution is 2.27. The van der Waals surface area contributed by atoms with Gasteiger partial charge in [0.2, 0.25) is 5.91 Å². The fraction of sp³-hybridized carbons (Fsp3) is 0.105. The number of methoxy groups -OCH3 is 2. The number of rotatable bonds is 5. The predicted octanol–water partition coefficient (Wildman–Crippen LogP) is 3.10. The van der Waals surface area contributed by atoms with E-state index in [-0.39, 0.29) is 11.0 Å². The van der Waals surface area contributed by atoms with Crippen LogP contribution in [0.3, 0.4) is 0 Å². The number of hydrogen-bond donors (Lipinski definition) is 2. The molecule has 2 rings (SSSR count). The van der Waals surface area contributed by atoms with Crippen LogP contribution in [0.15, 0.2) is 48.5 Å². The minimum Gasteiger partial charge on any atom is -0.493 e. The van der Waals surface area contributed by atoms with Crippen molar-refractivity contribution in [3.05, 3.63) is 59.7 Å². The number of ether oxygens (including phenoxy) is 2. The summed E-state index contributed by atoms with van der Waals surface area (Å²) in [7, 11) is 3.11. The lowest BCUT2D eigenvalue weighted by atomic mass is 10.2. The highest BCUT2D eigenvalue weighted by atomic mass is 32.1. The zero-order chi connectivity index (χ0) is 18.9. The first-order valence-corrected chi connectivity index (χ1v) is 7.98. The van der Waals surface area contributed by atoms with Gasteiger partial charge in [0.1, 0.15) is 0 Å². The Morgan fingerprint density at radius 1 is 1.12 bits per heavy atom. The molecule has 0 unspecified atom stereocenters. The predicted molar refractivity (Wildman–Crippen MR) is 104 cm³/mol. The number of nitriles is 1. The van der Waals surface area contributed by atoms with Crippen molar-refractivity contribution in [2.45, 2.75) is 0 Å². The molecule has 0 radical (unpaired) electrons. The molecule has 0 atom stereocenters. The van der Waals surface area contributed by atoms with Crippen molar-refractivity contribution < 1.29 is 14.3 Å². The van der Waals surface area contributed by atoms with Crippen LogP contribution in [0.5, 0.6) is 11.5 Å². The van der Waals surface area contributed by atoms with Crippen LogP contribution in [0.1, 0.15) is 11.1 Å². The smallest absolute Gasteiger partial charge is 0.250 e. The molecule has 0 fully saturated rings. The van der Waals surface area contributed by atoms with E-state index in [0.29, 0.717) is 22.7 Å². The normalized spacial score (nSPS) is 10.0. The Balaban J connectivity index is 1.93. The minimum absolute atomic E-state index is 0.164. The van der Waals surface area contributed by atoms with Crippen LogP contribution >= 0.6 is 12.2 Å². The second-order valence-corrected chi connectivity index (χ2v) is 5.49. The van der Waals surface area contributed by atoms with Gasteiger partial charge in [0, 0.05) is 11.8 Å². The topological polar surface area (TPSA) is 83.4 Å². The van der Waals surface area contributed by atoms with Crippen molar-refractivity contribution >= 4 is 35.0 Å². The van der Waals surface area contributed by atoms with Crippen LogP contribution in [0.25, 0.3) is 6.08 Å². The lowest BCUT2D eigenvalue weighted by Crippen LogP contribution is -2.32. The van der Waals surface area contributed by atoms with Crippen molar-refractivity contribution in [1.82, 2.24) is 5.32 Å². The van der Waals surface area contributed by atoms with E-state index in [1.807, 2.05) is 6.07 Å². The SMILES string of the molecule is COc1ccc(C=CC(=O)NC(=S)Nc2ccc(C#N)cc2)cc1OC. The van der Waals surface area contributed by atoms with Crippen LogP contribution in [-0.4, -0.2) is 25.2 Å². The third-order valence-electron chi connectivity index (χ3n) is 3.34. The van der Waals surface area contributed by atoms with E-state index in [2.05, 4.69) is 10.6 Å². The number of thiocarbonyl (C=S) groups is 1. The summed E-state index contributed by atoms with van der Waals surface area (Å²) in [5, 5.41) is 14.4. The molecule has 2 N–H and O–H groups in total. The van der Waals surface area contributed by atoms with Crippen molar-refractivity contribution in [2.24, 2.45) is 0 Å². The van der Waals surface area contributed by atoms with Crippen molar-refractivity contribution in [1.29, 1.82) is 5.26 Å². The van der Waals surface area contributed by atoms with Gasteiger partial charge in [0.25, 0.3) is 0 Å². The molecule has 0 bridgehead atoms. The zero-order valence-corrected chi connectivity index (χ0v) is 15.1. The van der Waals surface area contributed by atoms with E-state index >= 15 is 0 Å². The Morgan fingerprint density at radius 3 is 2.42 bits per heavy atom. The molecule has 132 valence electrons. The molecule has 0 aromatic heterocycles. The maximum Gasteiger partial charge on any atom is 0.250 e. The molecule has 0 aliphatic carbocycles. The van der Waals surface area contributed by atoms with Gasteiger partial charge in [0.15, 0.2) is 16.6 Å². The second kappa shape index (κ2) is 9.20. The number of hydrogen-bond acceptors (Lipinski definition) is 5. The third kappa shape index (κ3) is 5.33. The Morgan fingerprint density at radius 2 is 1.81 bits per heavy atom. The van der Waals surface area contributed by atoms with Gasteiger partial charge >= 0.3 is 0 Å². The molecular formula is C19H17N3O3S. The Hall–Kier alpha value is -3.37. The summed E-state index contributed by atoms with van der Waals surface area (Å²) in [6, 6.07) is 14.1. The van der Waals surface area contributed by atoms with Gasteiger partial charge in [-0.05, 0) is 60.3 Å². The van der Waals surface area contributed by atoms with Crippen molar-refractivity contribution in [3.63, 3.8) is 0 Å². The van der Waals surface area contributed by atoms with Gasteiger partial charge < -0.3 is 14.8 Å². The maximum absolute atomic E-state index is 12.0. The minimum atomic E-state index is -0.370. The lowest BCUT2D eigenvalue weighted by molar-refractivity contribution is -0.115. The molecule has 7 heteroatoms. The molecule has 0 spiro atoms. The van der Waals surface area contributed by atoms with Gasteiger partial charge in [-0.15, -0.1) is 0 Å². The molecular weight excluding hydrogens is 350 g/mol. The average molecular weight is 367 g/mol. The van der Waals surface area contributed by atoms with Gasteiger partial charge in [-0.2, -0.15) is 5.26 Å². The van der Waals surface area contributed by atoms with Crippen LogP contribution in [-0.2, 0) is 4.79 Å². The van der Waals surface area contributed by atoms with Gasteiger partial charge in [0.05, 0.1) is 25.9 Å². The van der Waals surface area contributed by atoms with Crippen LogP contribution in [0, 0.1) is 11.3 Å². The van der Waals surface area contributed by atoms with E-state index in [1.54, 1.807) is 62.8 Å². The van der Waals surface area contributed by atoms with E-state index in [9.17, 15) is 4.79 Å². The molecule has 26 heavy (non-hydrogen) atoms. The summed E-state index contributed by atoms with van der Waals surface area (Å²) in [5.74, 6) is 0.820. The highest BCUT2D eigenvalue weighted by molar-refractivity contribution is 7.80. The number of nitrogens with zero attached hydrogens (tertiary/aromatic N) is 1. The van der Waals surface area contributed by atoms with Crippen LogP contribution < -0.4 is 20.1 Å². The number of carbonyl (C=O) groups excluding carboxylic acids is 1. The zero-order valence-electron chi connectivity index (χ0n) is 14.3. The molecule has 2 aromatic carbocycles. The van der Waals surface area contributed by atoms with E-state index < -0.39 is 0 Å². The summed E-state index contributed by atoms with van der Waals surface area (Å²) in [5.41, 5.74) is 2.00. The first kappa shape index (κ1) is 19.0. The van der Waals surface area contributed by atoms with Crippen LogP contribution in [0.4, 0.5) is 5.69 Å². The van der Waals surface area contributed by atoms with Gasteiger partial charge in [-0.3, -0.25) is 10.1 Å². The fourth-order valence-electron chi connectivity index (χ4n) is 2.07. The summed E-state index contributed by atoms with van der Waals surface area (Å²) in [6.07, 6.45) is 3.01. The van der Waals surface area contributed by atoms with Gasteiger partial charge in [-0.25, -0.2) is 0 Å². The van der Waals surface area contributed by atoms with E-state index in [0.717, 1.165) is 5.56 Å². The first-order valence-electron chi connectivity index (χ1n) is 7.58. The maximum atomic E-state index is 12.0. The molecule has 1 amide bonds. The second-order valence-electron chi connectivity index (χ2n) is 5.08. The van der Waals surface area contributed by atoms with Crippen molar-refractivity contribution in [3.8, 4) is 17.6 Å². The molecule has 0 saturated heterocycles. The van der Waals surface area contributed by atoms with Gasteiger partial charge in [-0.1, -0.05) is 6.07 Å².